The van der Waals surface area contributed by atoms with Gasteiger partial charge in [-0.1, -0.05) is 0 Å². The number of methoxy groups -OCH3 is 1. The maximum Gasteiger partial charge on any atom is 0.150 e. The van der Waals surface area contributed by atoms with Crippen molar-refractivity contribution in [2.45, 2.75) is 19.9 Å². The lowest BCUT2D eigenvalue weighted by Gasteiger charge is -2.09. The van der Waals surface area contributed by atoms with Gasteiger partial charge in [-0.3, -0.25) is 0 Å². The van der Waals surface area contributed by atoms with E-state index in [2.05, 4.69) is 10.6 Å². The number of ether oxygens (including phenoxy) is 1. The molecule has 0 aromatic carbocycles. The van der Waals surface area contributed by atoms with E-state index in [-0.39, 0.29) is 0 Å². The van der Waals surface area contributed by atoms with E-state index < -0.39 is 0 Å². The summed E-state index contributed by atoms with van der Waals surface area (Å²) in [5, 5.41) is 9.11. The van der Waals surface area contributed by atoms with Crippen molar-refractivity contribution in [3.63, 3.8) is 0 Å². The smallest absolute Gasteiger partial charge is 0.150 e. The van der Waals surface area contributed by atoms with Crippen LogP contribution in [-0.4, -0.2) is 18.3 Å². The van der Waals surface area contributed by atoms with Gasteiger partial charge in [-0.05, 0) is 31.5 Å². The first-order valence-electron chi connectivity index (χ1n) is 5.91. The fraction of sp³-hybridized carbons (Fsp3) is 0.357. The second kappa shape index (κ2) is 5.56. The van der Waals surface area contributed by atoms with E-state index in [1.54, 1.807) is 13.4 Å². The standard InChI is InChI=1S/C14H16N2O2/c1-11-12(10-15)9-13(14-5-3-8-18-14)16(11)6-4-7-17-2/h3,5,8-9H,4,6-7H2,1-2H3. The van der Waals surface area contributed by atoms with Crippen LogP contribution in [0.3, 0.4) is 0 Å². The highest BCUT2D eigenvalue weighted by Crippen LogP contribution is 2.26. The second-order valence-corrected chi connectivity index (χ2v) is 4.12. The first-order valence-corrected chi connectivity index (χ1v) is 5.91. The molecule has 0 unspecified atom stereocenters. The van der Waals surface area contributed by atoms with Gasteiger partial charge >= 0.3 is 0 Å². The Morgan fingerprint density at radius 2 is 2.33 bits per heavy atom. The molecule has 4 heteroatoms. The number of furan rings is 1. The highest BCUT2D eigenvalue weighted by Gasteiger charge is 2.14. The fourth-order valence-corrected chi connectivity index (χ4v) is 2.04. The number of rotatable bonds is 5. The van der Waals surface area contributed by atoms with Crippen LogP contribution in [0, 0.1) is 18.3 Å². The van der Waals surface area contributed by atoms with Crippen LogP contribution in [0.1, 0.15) is 17.7 Å². The summed E-state index contributed by atoms with van der Waals surface area (Å²) in [7, 11) is 1.69. The lowest BCUT2D eigenvalue weighted by atomic mass is 10.2. The fourth-order valence-electron chi connectivity index (χ4n) is 2.04. The Hall–Kier alpha value is -1.99. The largest absolute Gasteiger partial charge is 0.463 e. The zero-order valence-corrected chi connectivity index (χ0v) is 10.6. The highest BCUT2D eigenvalue weighted by molar-refractivity contribution is 5.59. The normalized spacial score (nSPS) is 10.5. The summed E-state index contributed by atoms with van der Waals surface area (Å²) in [6.45, 7) is 3.48. The molecule has 0 amide bonds. The summed E-state index contributed by atoms with van der Waals surface area (Å²) in [5.41, 5.74) is 2.61. The lowest BCUT2D eigenvalue weighted by molar-refractivity contribution is 0.190. The van der Waals surface area contributed by atoms with Gasteiger partial charge in [-0.25, -0.2) is 0 Å². The minimum Gasteiger partial charge on any atom is -0.463 e. The van der Waals surface area contributed by atoms with Crippen LogP contribution in [0.15, 0.2) is 28.9 Å². The quantitative estimate of drug-likeness (QED) is 0.760. The van der Waals surface area contributed by atoms with Gasteiger partial charge in [0.15, 0.2) is 0 Å². The minimum atomic E-state index is 0.693. The van der Waals surface area contributed by atoms with Gasteiger partial charge in [0, 0.05) is 26.0 Å². The zero-order chi connectivity index (χ0) is 13.0. The molecule has 0 saturated carbocycles. The van der Waals surface area contributed by atoms with Crippen molar-refractivity contribution < 1.29 is 9.15 Å². The maximum absolute atomic E-state index is 9.11. The van der Waals surface area contributed by atoms with Crippen molar-refractivity contribution in [3.8, 4) is 17.5 Å². The van der Waals surface area contributed by atoms with E-state index in [1.807, 2.05) is 25.1 Å². The van der Waals surface area contributed by atoms with Crippen molar-refractivity contribution in [1.29, 1.82) is 5.26 Å². The Balaban J connectivity index is 2.36. The molecule has 0 aliphatic carbocycles. The molecule has 94 valence electrons. The molecular weight excluding hydrogens is 228 g/mol. The van der Waals surface area contributed by atoms with Crippen molar-refractivity contribution in [2.75, 3.05) is 13.7 Å². The average molecular weight is 244 g/mol. The molecule has 0 bridgehead atoms. The Labute approximate surface area is 106 Å². The van der Waals surface area contributed by atoms with E-state index in [4.69, 9.17) is 14.4 Å². The molecule has 18 heavy (non-hydrogen) atoms. The first-order chi connectivity index (χ1) is 8.77. The predicted molar refractivity (Wildman–Crippen MR) is 68.1 cm³/mol. The Bertz CT molecular complexity index is 547. The summed E-state index contributed by atoms with van der Waals surface area (Å²) in [6, 6.07) is 7.85. The minimum absolute atomic E-state index is 0.693. The summed E-state index contributed by atoms with van der Waals surface area (Å²) in [6.07, 6.45) is 2.55. The third-order valence-corrected chi connectivity index (χ3v) is 2.99. The zero-order valence-electron chi connectivity index (χ0n) is 10.6. The number of hydrogen-bond acceptors (Lipinski definition) is 3. The molecule has 0 aliphatic heterocycles. The third kappa shape index (κ3) is 2.31. The molecule has 2 aromatic heterocycles. The number of nitriles is 1. The first kappa shape index (κ1) is 12.5. The Morgan fingerprint density at radius 3 is 2.94 bits per heavy atom. The van der Waals surface area contributed by atoms with Gasteiger partial charge in [0.1, 0.15) is 11.8 Å². The van der Waals surface area contributed by atoms with Crippen LogP contribution in [-0.2, 0) is 11.3 Å². The van der Waals surface area contributed by atoms with Gasteiger partial charge in [-0.15, -0.1) is 0 Å². The molecule has 0 N–H and O–H groups in total. The van der Waals surface area contributed by atoms with Crippen molar-refractivity contribution >= 4 is 0 Å². The summed E-state index contributed by atoms with van der Waals surface area (Å²) >= 11 is 0. The van der Waals surface area contributed by atoms with Gasteiger partial charge in [0.25, 0.3) is 0 Å². The van der Waals surface area contributed by atoms with Crippen LogP contribution in [0.4, 0.5) is 0 Å². The second-order valence-electron chi connectivity index (χ2n) is 4.12. The summed E-state index contributed by atoms with van der Waals surface area (Å²) < 4.78 is 12.6. The average Bonchev–Trinajstić information content (AvgIpc) is 2.99. The van der Waals surface area contributed by atoms with Crippen LogP contribution < -0.4 is 0 Å². The molecule has 0 fully saturated rings. The van der Waals surface area contributed by atoms with Crippen LogP contribution in [0.25, 0.3) is 11.5 Å². The van der Waals surface area contributed by atoms with E-state index in [0.717, 1.165) is 30.1 Å². The molecule has 0 atom stereocenters. The molecule has 0 saturated heterocycles. The number of nitrogens with zero attached hydrogens (tertiary/aromatic N) is 2. The molecule has 2 heterocycles. The monoisotopic (exact) mass is 244 g/mol. The van der Waals surface area contributed by atoms with E-state index in [9.17, 15) is 0 Å². The highest BCUT2D eigenvalue weighted by atomic mass is 16.5. The van der Waals surface area contributed by atoms with Crippen molar-refractivity contribution in [1.82, 2.24) is 4.57 Å². The molecule has 2 rings (SSSR count). The third-order valence-electron chi connectivity index (χ3n) is 2.99. The van der Waals surface area contributed by atoms with Gasteiger partial charge in [-0.2, -0.15) is 5.26 Å². The van der Waals surface area contributed by atoms with Crippen molar-refractivity contribution in [3.05, 3.63) is 35.7 Å². The van der Waals surface area contributed by atoms with Gasteiger partial charge < -0.3 is 13.7 Å². The predicted octanol–water partition coefficient (Wildman–Crippen LogP) is 2.96. The molecule has 0 spiro atoms. The number of aromatic nitrogens is 1. The van der Waals surface area contributed by atoms with Crippen molar-refractivity contribution in [2.24, 2.45) is 0 Å². The summed E-state index contributed by atoms with van der Waals surface area (Å²) in [4.78, 5) is 0. The van der Waals surface area contributed by atoms with Gasteiger partial charge in [0.2, 0.25) is 0 Å². The van der Waals surface area contributed by atoms with Crippen LogP contribution >= 0.6 is 0 Å². The van der Waals surface area contributed by atoms with Gasteiger partial charge in [0.05, 0.1) is 17.5 Å². The topological polar surface area (TPSA) is 51.1 Å². The van der Waals surface area contributed by atoms with Crippen LogP contribution in [0.5, 0.6) is 0 Å². The molecule has 2 aromatic rings. The maximum atomic E-state index is 9.11. The molecule has 4 nitrogen and oxygen atoms in total. The SMILES string of the molecule is COCCCn1c(-c2ccco2)cc(C#N)c1C. The Kier molecular flexibility index (Phi) is 3.85. The summed E-state index contributed by atoms with van der Waals surface area (Å²) in [5.74, 6) is 0.789. The number of hydrogen-bond donors (Lipinski definition) is 0. The van der Waals surface area contributed by atoms with E-state index in [1.165, 1.54) is 0 Å². The van der Waals surface area contributed by atoms with Crippen LogP contribution in [0.2, 0.25) is 0 Å². The molecule has 0 aliphatic rings. The molecule has 0 radical (unpaired) electrons. The molecular formula is C14H16N2O2. The Morgan fingerprint density at radius 1 is 1.50 bits per heavy atom. The van der Waals surface area contributed by atoms with E-state index in [0.29, 0.717) is 12.2 Å². The van der Waals surface area contributed by atoms with E-state index >= 15 is 0 Å². The lowest BCUT2D eigenvalue weighted by Crippen LogP contribution is -2.05.